The fraction of sp³-hybridized carbons (Fsp3) is 0.333. The third kappa shape index (κ3) is 4.01. The minimum Gasteiger partial charge on any atom is -0.490 e. The molecular formula is C12H13NO3. The third-order valence-corrected chi connectivity index (χ3v) is 2.01. The maximum Gasteiger partial charge on any atom is 0.307 e. The smallest absolute Gasteiger partial charge is 0.307 e. The van der Waals surface area contributed by atoms with Crippen molar-refractivity contribution in [2.24, 2.45) is 0 Å². The number of ether oxygens (including phenoxy) is 1. The summed E-state index contributed by atoms with van der Waals surface area (Å²) in [7, 11) is 0. The molecule has 1 atom stereocenters. The van der Waals surface area contributed by atoms with Crippen molar-refractivity contribution in [3.05, 3.63) is 29.8 Å². The zero-order chi connectivity index (χ0) is 12.0. The van der Waals surface area contributed by atoms with Gasteiger partial charge in [-0.1, -0.05) is 12.1 Å². The van der Waals surface area contributed by atoms with Gasteiger partial charge in [-0.15, -0.1) is 0 Å². The number of nitrogens with zero attached hydrogens (tertiary/aromatic N) is 1. The molecule has 0 fully saturated rings. The first-order valence-corrected chi connectivity index (χ1v) is 4.96. The first-order chi connectivity index (χ1) is 7.61. The molecule has 1 N–H and O–H groups in total. The molecule has 0 aliphatic heterocycles. The van der Waals surface area contributed by atoms with Crippen LogP contribution in [0.5, 0.6) is 5.75 Å². The maximum atomic E-state index is 10.4. The van der Waals surface area contributed by atoms with Gasteiger partial charge in [0, 0.05) is 0 Å². The van der Waals surface area contributed by atoms with Crippen LogP contribution in [0.3, 0.4) is 0 Å². The quantitative estimate of drug-likeness (QED) is 0.822. The number of carboxylic acids is 1. The van der Waals surface area contributed by atoms with E-state index in [0.29, 0.717) is 12.2 Å². The second-order valence-electron chi connectivity index (χ2n) is 3.51. The van der Waals surface area contributed by atoms with Gasteiger partial charge < -0.3 is 9.84 Å². The topological polar surface area (TPSA) is 70.3 Å². The van der Waals surface area contributed by atoms with Crippen molar-refractivity contribution in [3.8, 4) is 11.8 Å². The first kappa shape index (κ1) is 12.1. The average molecular weight is 219 g/mol. The Labute approximate surface area is 94.1 Å². The summed E-state index contributed by atoms with van der Waals surface area (Å²) in [5.41, 5.74) is 0.917. The Morgan fingerprint density at radius 3 is 2.62 bits per heavy atom. The van der Waals surface area contributed by atoms with Crippen LogP contribution in [0.1, 0.15) is 18.9 Å². The Kier molecular flexibility index (Phi) is 4.34. The minimum absolute atomic E-state index is 0.0278. The highest BCUT2D eigenvalue weighted by Gasteiger charge is 2.08. The van der Waals surface area contributed by atoms with Crippen molar-refractivity contribution in [1.82, 2.24) is 0 Å². The fourth-order valence-corrected chi connectivity index (χ4v) is 1.30. The molecule has 0 amide bonds. The highest BCUT2D eigenvalue weighted by Crippen LogP contribution is 2.15. The first-order valence-electron chi connectivity index (χ1n) is 4.96. The summed E-state index contributed by atoms with van der Waals surface area (Å²) in [5.74, 6) is -0.260. The number of carboxylic acid groups (broad SMARTS) is 1. The number of hydrogen-bond acceptors (Lipinski definition) is 3. The van der Waals surface area contributed by atoms with Crippen molar-refractivity contribution in [2.45, 2.75) is 25.9 Å². The van der Waals surface area contributed by atoms with E-state index in [1.807, 2.05) is 0 Å². The molecule has 1 rings (SSSR count). The molecule has 16 heavy (non-hydrogen) atoms. The van der Waals surface area contributed by atoms with E-state index in [1.165, 1.54) is 0 Å². The van der Waals surface area contributed by atoms with Gasteiger partial charge in [-0.3, -0.25) is 4.79 Å². The molecule has 84 valence electrons. The molecule has 4 nitrogen and oxygen atoms in total. The second kappa shape index (κ2) is 5.76. The largest absolute Gasteiger partial charge is 0.490 e. The SMILES string of the molecule is C[C@@H](CC(=O)O)Oc1ccc(CC#N)cc1. The molecule has 0 spiro atoms. The van der Waals surface area contributed by atoms with Crippen molar-refractivity contribution < 1.29 is 14.6 Å². The number of nitriles is 1. The highest BCUT2D eigenvalue weighted by atomic mass is 16.5. The van der Waals surface area contributed by atoms with Crippen LogP contribution in [0.4, 0.5) is 0 Å². The lowest BCUT2D eigenvalue weighted by molar-refractivity contribution is -0.138. The van der Waals surface area contributed by atoms with Gasteiger partial charge in [-0.25, -0.2) is 0 Å². The van der Waals surface area contributed by atoms with Crippen LogP contribution in [-0.4, -0.2) is 17.2 Å². The molecule has 0 radical (unpaired) electrons. The maximum absolute atomic E-state index is 10.4. The Morgan fingerprint density at radius 2 is 2.12 bits per heavy atom. The van der Waals surface area contributed by atoms with E-state index in [9.17, 15) is 4.79 Å². The van der Waals surface area contributed by atoms with Crippen molar-refractivity contribution in [1.29, 1.82) is 5.26 Å². The van der Waals surface area contributed by atoms with E-state index < -0.39 is 5.97 Å². The van der Waals surface area contributed by atoms with Crippen LogP contribution in [0.25, 0.3) is 0 Å². The second-order valence-corrected chi connectivity index (χ2v) is 3.51. The van der Waals surface area contributed by atoms with Crippen molar-refractivity contribution in [3.63, 3.8) is 0 Å². The standard InChI is InChI=1S/C12H13NO3/c1-9(8-12(14)15)16-11-4-2-10(3-5-11)6-7-13/h2-5,9H,6,8H2,1H3,(H,14,15)/t9-/m0/s1. The zero-order valence-electron chi connectivity index (χ0n) is 9.01. The Hall–Kier alpha value is -2.02. The number of benzene rings is 1. The van der Waals surface area contributed by atoms with E-state index in [1.54, 1.807) is 31.2 Å². The summed E-state index contributed by atoms with van der Waals surface area (Å²) in [5, 5.41) is 17.0. The Morgan fingerprint density at radius 1 is 1.50 bits per heavy atom. The molecular weight excluding hydrogens is 206 g/mol. The lowest BCUT2D eigenvalue weighted by Crippen LogP contribution is -2.16. The molecule has 0 aliphatic rings. The molecule has 0 bridgehead atoms. The van der Waals surface area contributed by atoms with Crippen LogP contribution >= 0.6 is 0 Å². The van der Waals surface area contributed by atoms with Crippen LogP contribution in [0.2, 0.25) is 0 Å². The van der Waals surface area contributed by atoms with Crippen LogP contribution in [0, 0.1) is 11.3 Å². The Bertz CT molecular complexity index is 392. The van der Waals surface area contributed by atoms with Crippen LogP contribution in [0.15, 0.2) is 24.3 Å². The molecule has 4 heteroatoms. The number of rotatable bonds is 5. The van der Waals surface area contributed by atoms with Crippen molar-refractivity contribution in [2.75, 3.05) is 0 Å². The van der Waals surface area contributed by atoms with Gasteiger partial charge in [0.05, 0.1) is 18.9 Å². The number of aliphatic carboxylic acids is 1. The molecule has 0 aromatic heterocycles. The molecule has 0 heterocycles. The van der Waals surface area contributed by atoms with Gasteiger partial charge in [0.15, 0.2) is 0 Å². The number of carbonyl (C=O) groups is 1. The summed E-state index contributed by atoms with van der Waals surface area (Å²) < 4.78 is 5.39. The molecule has 0 saturated heterocycles. The van der Waals surface area contributed by atoms with Gasteiger partial charge in [-0.05, 0) is 24.6 Å². The summed E-state index contributed by atoms with van der Waals surface area (Å²) in [4.78, 5) is 10.4. The minimum atomic E-state index is -0.881. The zero-order valence-corrected chi connectivity index (χ0v) is 9.01. The van der Waals surface area contributed by atoms with Crippen LogP contribution in [-0.2, 0) is 11.2 Å². The molecule has 0 saturated carbocycles. The normalized spacial score (nSPS) is 11.5. The number of hydrogen-bond donors (Lipinski definition) is 1. The van der Waals surface area contributed by atoms with E-state index in [-0.39, 0.29) is 12.5 Å². The molecule has 1 aromatic rings. The summed E-state index contributed by atoms with van der Waals surface area (Å²) in [6.45, 7) is 1.71. The molecule has 1 aromatic carbocycles. The molecule has 0 aliphatic carbocycles. The monoisotopic (exact) mass is 219 g/mol. The Balaban J connectivity index is 2.55. The third-order valence-electron chi connectivity index (χ3n) is 2.01. The van der Waals surface area contributed by atoms with E-state index >= 15 is 0 Å². The van der Waals surface area contributed by atoms with E-state index in [0.717, 1.165) is 5.56 Å². The van der Waals surface area contributed by atoms with Gasteiger partial charge in [-0.2, -0.15) is 5.26 Å². The lowest BCUT2D eigenvalue weighted by Gasteiger charge is -2.12. The van der Waals surface area contributed by atoms with Gasteiger partial charge in [0.1, 0.15) is 11.9 Å². The fourth-order valence-electron chi connectivity index (χ4n) is 1.30. The summed E-state index contributed by atoms with van der Waals surface area (Å²) in [6, 6.07) is 9.13. The predicted molar refractivity (Wildman–Crippen MR) is 58.1 cm³/mol. The predicted octanol–water partition coefficient (Wildman–Crippen LogP) is 1.99. The van der Waals surface area contributed by atoms with Gasteiger partial charge >= 0.3 is 5.97 Å². The average Bonchev–Trinajstić information content (AvgIpc) is 2.20. The van der Waals surface area contributed by atoms with Gasteiger partial charge in [0.2, 0.25) is 0 Å². The van der Waals surface area contributed by atoms with Crippen LogP contribution < -0.4 is 4.74 Å². The molecule has 0 unspecified atom stereocenters. The van der Waals surface area contributed by atoms with Gasteiger partial charge in [0.25, 0.3) is 0 Å². The summed E-state index contributed by atoms with van der Waals surface area (Å²) in [6.07, 6.45) is -0.0235. The van der Waals surface area contributed by atoms with E-state index in [2.05, 4.69) is 6.07 Å². The van der Waals surface area contributed by atoms with Crippen molar-refractivity contribution >= 4 is 5.97 Å². The summed E-state index contributed by atoms with van der Waals surface area (Å²) >= 11 is 0. The lowest BCUT2D eigenvalue weighted by atomic mass is 10.1. The highest BCUT2D eigenvalue weighted by molar-refractivity contribution is 5.67. The van der Waals surface area contributed by atoms with E-state index in [4.69, 9.17) is 15.1 Å².